The lowest BCUT2D eigenvalue weighted by Crippen LogP contribution is -2.32. The van der Waals surface area contributed by atoms with Crippen LogP contribution in [0.5, 0.6) is 5.75 Å². The van der Waals surface area contributed by atoms with E-state index >= 15 is 0 Å². The van der Waals surface area contributed by atoms with Crippen LogP contribution < -0.4 is 15.0 Å². The van der Waals surface area contributed by atoms with Crippen molar-refractivity contribution < 1.29 is 9.53 Å². The zero-order chi connectivity index (χ0) is 19.7. The summed E-state index contributed by atoms with van der Waals surface area (Å²) in [5.41, 5.74) is 4.31. The van der Waals surface area contributed by atoms with Crippen molar-refractivity contribution in [2.75, 3.05) is 17.3 Å². The molecule has 0 spiro atoms. The van der Waals surface area contributed by atoms with Gasteiger partial charge >= 0.3 is 0 Å². The Morgan fingerprint density at radius 2 is 1.86 bits per heavy atom. The maximum Gasteiger partial charge on any atom is 0.262 e. The zero-order valence-corrected chi connectivity index (χ0v) is 16.2. The van der Waals surface area contributed by atoms with E-state index in [1.54, 1.807) is 24.3 Å². The fourth-order valence-electron chi connectivity index (χ4n) is 3.47. The Hall–Kier alpha value is -3.34. The number of pyridine rings is 1. The molecule has 5 nitrogen and oxygen atoms in total. The fourth-order valence-corrected chi connectivity index (χ4v) is 3.47. The summed E-state index contributed by atoms with van der Waals surface area (Å²) in [5.74, 6) is 1.10. The van der Waals surface area contributed by atoms with Crippen LogP contribution in [0.2, 0.25) is 0 Å². The summed E-state index contributed by atoms with van der Waals surface area (Å²) in [6, 6.07) is 19.4. The van der Waals surface area contributed by atoms with Gasteiger partial charge < -0.3 is 10.1 Å². The summed E-state index contributed by atoms with van der Waals surface area (Å²) in [5, 5.41) is 3.48. The van der Waals surface area contributed by atoms with E-state index in [0.717, 1.165) is 17.1 Å². The third-order valence-corrected chi connectivity index (χ3v) is 5.02. The van der Waals surface area contributed by atoms with Crippen LogP contribution in [0.1, 0.15) is 47.5 Å². The van der Waals surface area contributed by atoms with Gasteiger partial charge in [-0.25, -0.2) is 0 Å². The average Bonchev–Trinajstić information content (AvgIpc) is 3.00. The molecular weight excluding hydrogens is 350 g/mol. The molecule has 5 heteroatoms. The largest absolute Gasteiger partial charge is 0.497 e. The first-order valence-corrected chi connectivity index (χ1v) is 9.37. The van der Waals surface area contributed by atoms with E-state index in [4.69, 9.17) is 4.74 Å². The SMILES string of the molecule is COc1cccc(N2C(=O)c3cccnc3C2Nc2ccc(C(C)C)cc2)c1. The second kappa shape index (κ2) is 7.35. The van der Waals surface area contributed by atoms with E-state index < -0.39 is 0 Å². The molecule has 1 amide bonds. The lowest BCUT2D eigenvalue weighted by molar-refractivity contribution is 0.0993. The zero-order valence-electron chi connectivity index (χ0n) is 16.2. The second-order valence-electron chi connectivity index (χ2n) is 7.14. The summed E-state index contributed by atoms with van der Waals surface area (Å²) < 4.78 is 5.34. The number of ether oxygens (including phenoxy) is 1. The number of amides is 1. The van der Waals surface area contributed by atoms with E-state index in [0.29, 0.717) is 17.2 Å². The van der Waals surface area contributed by atoms with E-state index in [9.17, 15) is 4.79 Å². The van der Waals surface area contributed by atoms with Crippen LogP contribution in [0.4, 0.5) is 11.4 Å². The minimum Gasteiger partial charge on any atom is -0.497 e. The van der Waals surface area contributed by atoms with Gasteiger partial charge in [0.05, 0.1) is 24.1 Å². The van der Waals surface area contributed by atoms with Crippen LogP contribution in [0.25, 0.3) is 0 Å². The third kappa shape index (κ3) is 3.20. The Morgan fingerprint density at radius 1 is 1.07 bits per heavy atom. The van der Waals surface area contributed by atoms with Crippen molar-refractivity contribution in [2.24, 2.45) is 0 Å². The molecule has 4 rings (SSSR count). The van der Waals surface area contributed by atoms with Crippen molar-refractivity contribution in [3.05, 3.63) is 83.7 Å². The predicted molar refractivity (Wildman–Crippen MR) is 111 cm³/mol. The summed E-state index contributed by atoms with van der Waals surface area (Å²) in [7, 11) is 1.62. The first-order chi connectivity index (χ1) is 13.6. The van der Waals surface area contributed by atoms with Gasteiger partial charge in [-0.15, -0.1) is 0 Å². The molecule has 0 radical (unpaired) electrons. The molecule has 1 aromatic heterocycles. The summed E-state index contributed by atoms with van der Waals surface area (Å²) >= 11 is 0. The number of anilines is 2. The number of nitrogens with one attached hydrogen (secondary N) is 1. The molecule has 1 unspecified atom stereocenters. The van der Waals surface area contributed by atoms with Gasteiger partial charge in [-0.05, 0) is 47.9 Å². The molecule has 3 aromatic rings. The highest BCUT2D eigenvalue weighted by Crippen LogP contribution is 2.38. The van der Waals surface area contributed by atoms with Crippen LogP contribution in [0, 0.1) is 0 Å². The third-order valence-electron chi connectivity index (χ3n) is 5.02. The van der Waals surface area contributed by atoms with Crippen molar-refractivity contribution in [3.8, 4) is 5.75 Å². The summed E-state index contributed by atoms with van der Waals surface area (Å²) in [6.45, 7) is 4.34. The molecule has 0 bridgehead atoms. The summed E-state index contributed by atoms with van der Waals surface area (Å²) in [4.78, 5) is 19.4. The molecule has 142 valence electrons. The number of fused-ring (bicyclic) bond motifs is 1. The number of aromatic nitrogens is 1. The van der Waals surface area contributed by atoms with Gasteiger partial charge in [-0.3, -0.25) is 14.7 Å². The smallest absolute Gasteiger partial charge is 0.262 e. The maximum absolute atomic E-state index is 13.1. The van der Waals surface area contributed by atoms with Crippen molar-refractivity contribution >= 4 is 17.3 Å². The molecule has 1 atom stereocenters. The maximum atomic E-state index is 13.1. The second-order valence-corrected chi connectivity index (χ2v) is 7.14. The Labute approximate surface area is 165 Å². The highest BCUT2D eigenvalue weighted by atomic mass is 16.5. The molecule has 0 fully saturated rings. The van der Waals surface area contributed by atoms with Crippen LogP contribution in [-0.2, 0) is 0 Å². The quantitative estimate of drug-likeness (QED) is 0.685. The van der Waals surface area contributed by atoms with Crippen LogP contribution >= 0.6 is 0 Å². The Kier molecular flexibility index (Phi) is 4.74. The van der Waals surface area contributed by atoms with Crippen molar-refractivity contribution in [3.63, 3.8) is 0 Å². The first kappa shape index (κ1) is 18.0. The van der Waals surface area contributed by atoms with Crippen molar-refractivity contribution in [1.29, 1.82) is 0 Å². The first-order valence-electron chi connectivity index (χ1n) is 9.37. The molecule has 28 heavy (non-hydrogen) atoms. The van der Waals surface area contributed by atoms with Crippen LogP contribution in [0.3, 0.4) is 0 Å². The Bertz CT molecular complexity index is 999. The molecule has 0 saturated carbocycles. The normalized spacial score (nSPS) is 15.6. The minimum atomic E-state index is -0.388. The molecule has 1 aliphatic rings. The van der Waals surface area contributed by atoms with E-state index in [1.807, 2.05) is 42.5 Å². The van der Waals surface area contributed by atoms with Gasteiger partial charge in [0.1, 0.15) is 5.75 Å². The highest BCUT2D eigenvalue weighted by molar-refractivity contribution is 6.11. The number of carbonyl (C=O) groups is 1. The van der Waals surface area contributed by atoms with Gasteiger partial charge in [0.2, 0.25) is 0 Å². The Morgan fingerprint density at radius 3 is 2.57 bits per heavy atom. The van der Waals surface area contributed by atoms with Gasteiger partial charge in [0, 0.05) is 18.0 Å². The van der Waals surface area contributed by atoms with E-state index in [1.165, 1.54) is 5.56 Å². The van der Waals surface area contributed by atoms with Crippen molar-refractivity contribution in [1.82, 2.24) is 4.98 Å². The molecule has 1 aliphatic heterocycles. The number of hydrogen-bond acceptors (Lipinski definition) is 4. The van der Waals surface area contributed by atoms with Crippen LogP contribution in [0.15, 0.2) is 66.9 Å². The molecule has 1 N–H and O–H groups in total. The molecule has 0 saturated heterocycles. The average molecular weight is 373 g/mol. The standard InChI is InChI=1S/C23H23N3O2/c1-15(2)16-9-11-17(12-10-16)25-22-21-20(8-5-13-24-21)23(27)26(22)18-6-4-7-19(14-18)28-3/h4-15,22,25H,1-3H3. The highest BCUT2D eigenvalue weighted by Gasteiger charge is 2.39. The lowest BCUT2D eigenvalue weighted by Gasteiger charge is -2.27. The van der Waals surface area contributed by atoms with Crippen molar-refractivity contribution in [2.45, 2.75) is 25.9 Å². The topological polar surface area (TPSA) is 54.5 Å². The molecule has 2 heterocycles. The number of hydrogen-bond donors (Lipinski definition) is 1. The number of methoxy groups -OCH3 is 1. The molecule has 2 aromatic carbocycles. The number of rotatable bonds is 5. The van der Waals surface area contributed by atoms with Gasteiger partial charge in [-0.1, -0.05) is 32.0 Å². The lowest BCUT2D eigenvalue weighted by atomic mass is 10.0. The molecule has 0 aliphatic carbocycles. The van der Waals surface area contributed by atoms with Gasteiger partial charge in [-0.2, -0.15) is 0 Å². The predicted octanol–water partition coefficient (Wildman–Crippen LogP) is 4.98. The van der Waals surface area contributed by atoms with E-state index in [-0.39, 0.29) is 12.1 Å². The number of nitrogens with zero attached hydrogens (tertiary/aromatic N) is 2. The Balaban J connectivity index is 1.73. The summed E-state index contributed by atoms with van der Waals surface area (Å²) in [6.07, 6.45) is 1.33. The monoisotopic (exact) mass is 373 g/mol. The van der Waals surface area contributed by atoms with E-state index in [2.05, 4.69) is 36.3 Å². The van der Waals surface area contributed by atoms with Gasteiger partial charge in [0.25, 0.3) is 5.91 Å². The van der Waals surface area contributed by atoms with Gasteiger partial charge in [0.15, 0.2) is 6.17 Å². The minimum absolute atomic E-state index is 0.0762. The molecular formula is C23H23N3O2. The number of carbonyl (C=O) groups excluding carboxylic acids is 1. The number of benzene rings is 2. The fraction of sp³-hybridized carbons (Fsp3) is 0.217. The van der Waals surface area contributed by atoms with Crippen LogP contribution in [-0.4, -0.2) is 18.0 Å².